The Morgan fingerprint density at radius 1 is 1.13 bits per heavy atom. The lowest BCUT2D eigenvalue weighted by atomic mass is 9.97. The molecule has 0 saturated heterocycles. The average molecular weight is 478 g/mol. The number of hydrogen-bond donors (Lipinski definition) is 1. The van der Waals surface area contributed by atoms with E-state index < -0.39 is 12.2 Å². The van der Waals surface area contributed by atoms with Crippen molar-refractivity contribution in [1.82, 2.24) is 9.55 Å². The van der Waals surface area contributed by atoms with Gasteiger partial charge in [0, 0.05) is 45.1 Å². The summed E-state index contributed by atoms with van der Waals surface area (Å²) in [6.45, 7) is 8.79. The summed E-state index contributed by atoms with van der Waals surface area (Å²) in [5.41, 5.74) is 9.54. The molecule has 5 nitrogen and oxygen atoms in total. The maximum Gasteiger partial charge on any atom is 0.405 e. The number of rotatable bonds is 7. The van der Waals surface area contributed by atoms with Crippen LogP contribution < -0.4 is 5.73 Å². The minimum atomic E-state index is -0.792. The maximum atomic E-state index is 11.5. The van der Waals surface area contributed by atoms with Gasteiger partial charge in [-0.05, 0) is 61.2 Å². The van der Waals surface area contributed by atoms with Gasteiger partial charge >= 0.3 is 6.09 Å². The molecule has 0 spiro atoms. The number of carbonyl (C=O) groups is 1. The Bertz CT molecular complexity index is 1060. The molecule has 8 heteroatoms. The Hall–Kier alpha value is -2.15. The number of nitrogens with two attached hydrogens (primary N) is 1. The number of hydrogen-bond acceptors (Lipinski definition) is 4. The van der Waals surface area contributed by atoms with Gasteiger partial charge < -0.3 is 15.0 Å². The molecule has 164 valence electrons. The van der Waals surface area contributed by atoms with Gasteiger partial charge in [-0.25, -0.2) is 4.79 Å². The van der Waals surface area contributed by atoms with Crippen LogP contribution in [0.3, 0.4) is 0 Å². The fourth-order valence-electron chi connectivity index (χ4n) is 3.73. The van der Waals surface area contributed by atoms with Gasteiger partial charge in [-0.2, -0.15) is 0 Å². The molecule has 0 fully saturated rings. The van der Waals surface area contributed by atoms with Crippen molar-refractivity contribution >= 4 is 41.1 Å². The third-order valence-corrected chi connectivity index (χ3v) is 6.52. The van der Waals surface area contributed by atoms with E-state index in [-0.39, 0.29) is 5.92 Å². The third-order valence-electron chi connectivity index (χ3n) is 4.98. The molecule has 0 radical (unpaired) electrons. The van der Waals surface area contributed by atoms with Gasteiger partial charge in [-0.1, -0.05) is 48.8 Å². The first-order valence-electron chi connectivity index (χ1n) is 9.89. The number of ether oxygens (including phenoxy) is 1. The van der Waals surface area contributed by atoms with Crippen LogP contribution in [0.1, 0.15) is 55.2 Å². The zero-order valence-electron chi connectivity index (χ0n) is 17.9. The minimum absolute atomic E-state index is 0.184. The van der Waals surface area contributed by atoms with Crippen molar-refractivity contribution in [3.63, 3.8) is 0 Å². The van der Waals surface area contributed by atoms with E-state index in [1.54, 1.807) is 30.2 Å². The highest BCUT2D eigenvalue weighted by Crippen LogP contribution is 2.43. The first kappa shape index (κ1) is 23.5. The van der Waals surface area contributed by atoms with E-state index in [1.165, 1.54) is 0 Å². The zero-order chi connectivity index (χ0) is 22.7. The number of carbonyl (C=O) groups excluding carboxylic acids is 1. The van der Waals surface area contributed by atoms with Crippen LogP contribution >= 0.6 is 35.0 Å². The number of benzene rings is 1. The lowest BCUT2D eigenvalue weighted by molar-refractivity contribution is 0.115. The summed E-state index contributed by atoms with van der Waals surface area (Å²) in [5.74, 6) is 0.184. The molecule has 0 aliphatic carbocycles. The Labute approximate surface area is 196 Å². The summed E-state index contributed by atoms with van der Waals surface area (Å²) in [6.07, 6.45) is 2.29. The van der Waals surface area contributed by atoms with Crippen molar-refractivity contribution < 1.29 is 9.53 Å². The Balaban J connectivity index is 2.19. The number of aromatic nitrogens is 2. The molecule has 1 aromatic carbocycles. The topological polar surface area (TPSA) is 70.1 Å². The summed E-state index contributed by atoms with van der Waals surface area (Å²) >= 11 is 14.1. The fraction of sp³-hybridized carbons (Fsp3) is 0.304. The van der Waals surface area contributed by atoms with Crippen molar-refractivity contribution in [2.24, 2.45) is 5.73 Å². The van der Waals surface area contributed by atoms with Crippen LogP contribution in [0, 0.1) is 6.92 Å². The first-order valence-corrected chi connectivity index (χ1v) is 11.5. The van der Waals surface area contributed by atoms with E-state index in [4.69, 9.17) is 33.7 Å². The van der Waals surface area contributed by atoms with Crippen LogP contribution in [0.25, 0.3) is 0 Å². The van der Waals surface area contributed by atoms with Gasteiger partial charge in [0.15, 0.2) is 0 Å². The molecule has 2 aromatic heterocycles. The van der Waals surface area contributed by atoms with Gasteiger partial charge in [0.2, 0.25) is 0 Å². The second kappa shape index (κ2) is 9.98. The molecule has 0 aliphatic heterocycles. The quantitative estimate of drug-likeness (QED) is 0.398. The van der Waals surface area contributed by atoms with E-state index in [2.05, 4.69) is 23.4 Å². The number of amides is 1. The summed E-state index contributed by atoms with van der Waals surface area (Å²) in [4.78, 5) is 16.5. The molecule has 3 rings (SSSR count). The molecule has 0 bridgehead atoms. The second-order valence-electron chi connectivity index (χ2n) is 7.60. The van der Waals surface area contributed by atoms with Gasteiger partial charge in [-0.15, -0.1) is 0 Å². The molecule has 2 heterocycles. The van der Waals surface area contributed by atoms with Gasteiger partial charge in [0.25, 0.3) is 0 Å². The van der Waals surface area contributed by atoms with Crippen LogP contribution in [0.2, 0.25) is 10.0 Å². The van der Waals surface area contributed by atoms with Crippen LogP contribution in [-0.2, 0) is 11.3 Å². The summed E-state index contributed by atoms with van der Waals surface area (Å²) < 4.78 is 7.62. The molecule has 3 aromatic rings. The summed E-state index contributed by atoms with van der Waals surface area (Å²) in [7, 11) is 0. The number of nitrogens with zero attached hydrogens (tertiary/aromatic N) is 2. The molecule has 31 heavy (non-hydrogen) atoms. The summed E-state index contributed by atoms with van der Waals surface area (Å²) in [6, 6.07) is 9.48. The van der Waals surface area contributed by atoms with Crippen molar-refractivity contribution in [3.8, 4) is 0 Å². The van der Waals surface area contributed by atoms with E-state index in [9.17, 15) is 4.79 Å². The van der Waals surface area contributed by atoms with Crippen LogP contribution in [0.4, 0.5) is 4.79 Å². The number of primary amides is 1. The molecule has 2 N–H and O–H groups in total. The molecular weight excluding hydrogens is 453 g/mol. The normalized spacial score (nSPS) is 12.2. The average Bonchev–Trinajstić information content (AvgIpc) is 2.93. The third kappa shape index (κ3) is 5.56. The van der Waals surface area contributed by atoms with E-state index >= 15 is 0 Å². The van der Waals surface area contributed by atoms with Crippen LogP contribution in [0.5, 0.6) is 0 Å². The SMILES string of the molecule is Cc1c(C(C)OC(N)=O)c(C(C)C)c(Sc2cc(Cl)cc(Cl)c2)n1Cc1ccncc1. The molecule has 1 unspecified atom stereocenters. The van der Waals surface area contributed by atoms with Crippen molar-refractivity contribution in [2.45, 2.75) is 56.2 Å². The largest absolute Gasteiger partial charge is 0.442 e. The standard InChI is InChI=1S/C23H25Cl2N3O2S/c1-13(2)20-21(15(4)30-23(26)29)14(3)28(12-16-5-7-27-8-6-16)22(20)31-19-10-17(24)9-18(25)11-19/h5-11,13,15H,12H2,1-4H3,(H2,26,29). The van der Waals surface area contributed by atoms with Crippen molar-refractivity contribution in [3.05, 3.63) is 75.2 Å². The smallest absolute Gasteiger partial charge is 0.405 e. The van der Waals surface area contributed by atoms with Crippen molar-refractivity contribution in [1.29, 1.82) is 0 Å². The second-order valence-corrected chi connectivity index (χ2v) is 9.54. The summed E-state index contributed by atoms with van der Waals surface area (Å²) in [5, 5.41) is 2.21. The van der Waals surface area contributed by atoms with E-state index in [1.807, 2.05) is 38.1 Å². The van der Waals surface area contributed by atoms with E-state index in [0.29, 0.717) is 16.6 Å². The fourth-order valence-corrected chi connectivity index (χ4v) is 5.75. The Morgan fingerprint density at radius 2 is 1.74 bits per heavy atom. The minimum Gasteiger partial charge on any atom is -0.442 e. The van der Waals surface area contributed by atoms with Gasteiger partial charge in [0.05, 0.1) is 5.03 Å². The highest BCUT2D eigenvalue weighted by Gasteiger charge is 2.28. The zero-order valence-corrected chi connectivity index (χ0v) is 20.2. The Morgan fingerprint density at radius 3 is 2.29 bits per heavy atom. The lowest BCUT2D eigenvalue weighted by Crippen LogP contribution is -2.17. The van der Waals surface area contributed by atoms with Crippen molar-refractivity contribution in [2.75, 3.05) is 0 Å². The molecule has 1 atom stereocenters. The monoisotopic (exact) mass is 477 g/mol. The van der Waals surface area contributed by atoms with E-state index in [0.717, 1.165) is 32.3 Å². The molecule has 1 amide bonds. The van der Waals surface area contributed by atoms with Gasteiger partial charge in [0.1, 0.15) is 6.10 Å². The molecular formula is C23H25Cl2N3O2S. The predicted molar refractivity (Wildman–Crippen MR) is 126 cm³/mol. The number of pyridine rings is 1. The van der Waals surface area contributed by atoms with Gasteiger partial charge in [-0.3, -0.25) is 4.98 Å². The molecule has 0 saturated carbocycles. The highest BCUT2D eigenvalue weighted by molar-refractivity contribution is 7.99. The number of halogens is 2. The molecule has 0 aliphatic rings. The highest BCUT2D eigenvalue weighted by atomic mass is 35.5. The maximum absolute atomic E-state index is 11.5. The first-order chi connectivity index (χ1) is 14.7. The Kier molecular flexibility index (Phi) is 7.57. The van der Waals surface area contributed by atoms with Crippen LogP contribution in [0.15, 0.2) is 52.6 Å². The predicted octanol–water partition coefficient (Wildman–Crippen LogP) is 6.98. The lowest BCUT2D eigenvalue weighted by Gasteiger charge is -2.17. The van der Waals surface area contributed by atoms with Crippen LogP contribution in [-0.4, -0.2) is 15.6 Å².